The third-order valence-corrected chi connectivity index (χ3v) is 5.31. The second-order valence-corrected chi connectivity index (χ2v) is 8.10. The predicted molar refractivity (Wildman–Crippen MR) is 117 cm³/mol. The van der Waals surface area contributed by atoms with E-state index in [2.05, 4.69) is 38.2 Å². The van der Waals surface area contributed by atoms with Crippen LogP contribution < -0.4 is 0 Å². The second-order valence-electron chi connectivity index (χ2n) is 8.10. The number of hydrogen-bond donors (Lipinski definition) is 1. The quantitative estimate of drug-likeness (QED) is 0.259. The molecule has 0 aliphatic carbocycles. The maximum atomic E-state index is 11.5. The molecule has 29 heavy (non-hydrogen) atoms. The summed E-state index contributed by atoms with van der Waals surface area (Å²) in [6, 6.07) is 2.03. The van der Waals surface area contributed by atoms with E-state index in [0.717, 1.165) is 24.8 Å². The van der Waals surface area contributed by atoms with Crippen LogP contribution in [0.3, 0.4) is 0 Å². The molecule has 2 rings (SSSR count). The number of carbonyl (C=O) groups is 1. The van der Waals surface area contributed by atoms with E-state index in [1.807, 2.05) is 19.3 Å². The summed E-state index contributed by atoms with van der Waals surface area (Å²) in [4.78, 5) is 11.5. The molecule has 1 aromatic rings. The van der Waals surface area contributed by atoms with E-state index in [-0.39, 0.29) is 5.76 Å². The average molecular weight is 399 g/mol. The van der Waals surface area contributed by atoms with E-state index in [9.17, 15) is 9.90 Å². The Morgan fingerprint density at radius 2 is 2.10 bits per heavy atom. The third kappa shape index (κ3) is 7.80. The average Bonchev–Trinajstić information content (AvgIpc) is 3.27. The van der Waals surface area contributed by atoms with Gasteiger partial charge in [0.1, 0.15) is 5.76 Å². The van der Waals surface area contributed by atoms with E-state index in [0.29, 0.717) is 17.9 Å². The summed E-state index contributed by atoms with van der Waals surface area (Å²) in [7, 11) is 0. The van der Waals surface area contributed by atoms with Gasteiger partial charge in [-0.3, -0.25) is 0 Å². The van der Waals surface area contributed by atoms with Crippen LogP contribution in [0.4, 0.5) is 0 Å². The molecule has 0 saturated heterocycles. The molecule has 0 spiro atoms. The molecule has 1 aliphatic rings. The van der Waals surface area contributed by atoms with Crippen molar-refractivity contribution < 1.29 is 19.1 Å². The highest BCUT2D eigenvalue weighted by Gasteiger charge is 2.31. The van der Waals surface area contributed by atoms with Crippen molar-refractivity contribution in [1.82, 2.24) is 0 Å². The standard InChI is InChI=1S/C25H34O4/c1-18(8-5-9-19(2)11-7-13-22-14-15-28-17-22)10-6-12-20(3)16-23-24(26)21(4)25(27)29-23/h5,8-9,12,14-15,17,19,23,26H,6-7,10-11,13,16H2,1-4H3/t19-,23-/m1/s1. The highest BCUT2D eigenvalue weighted by molar-refractivity contribution is 5.91. The van der Waals surface area contributed by atoms with E-state index in [1.165, 1.54) is 24.0 Å². The minimum atomic E-state index is -0.520. The van der Waals surface area contributed by atoms with Crippen molar-refractivity contribution in [3.63, 3.8) is 0 Å². The first-order valence-electron chi connectivity index (χ1n) is 10.5. The highest BCUT2D eigenvalue weighted by Crippen LogP contribution is 2.25. The number of aliphatic hydroxyl groups is 1. The number of furan rings is 1. The SMILES string of the molecule is CC(=CC=C[C@@H](C)CCCc1ccoc1)CCC=C(C)C[C@H]1OC(=O)C(C)=C1O. The zero-order chi connectivity index (χ0) is 21.2. The van der Waals surface area contributed by atoms with E-state index in [1.54, 1.807) is 13.2 Å². The number of ether oxygens (including phenoxy) is 1. The molecule has 0 radical (unpaired) electrons. The molecule has 158 valence electrons. The molecular weight excluding hydrogens is 364 g/mol. The van der Waals surface area contributed by atoms with E-state index in [4.69, 9.17) is 9.15 Å². The number of hydrogen-bond acceptors (Lipinski definition) is 4. The van der Waals surface area contributed by atoms with Gasteiger partial charge in [-0.15, -0.1) is 0 Å². The lowest BCUT2D eigenvalue weighted by Gasteiger charge is -2.10. The maximum Gasteiger partial charge on any atom is 0.338 e. The van der Waals surface area contributed by atoms with Crippen LogP contribution in [0, 0.1) is 5.92 Å². The lowest BCUT2D eigenvalue weighted by Crippen LogP contribution is -2.12. The predicted octanol–water partition coefficient (Wildman–Crippen LogP) is 6.61. The Kier molecular flexibility index (Phi) is 9.04. The molecule has 4 heteroatoms. The van der Waals surface area contributed by atoms with E-state index < -0.39 is 12.1 Å². The van der Waals surface area contributed by atoms with Gasteiger partial charge in [0.05, 0.1) is 18.1 Å². The van der Waals surface area contributed by atoms with Gasteiger partial charge in [-0.05, 0) is 70.4 Å². The van der Waals surface area contributed by atoms with Gasteiger partial charge in [0.25, 0.3) is 0 Å². The van der Waals surface area contributed by atoms with Crippen molar-refractivity contribution in [2.75, 3.05) is 0 Å². The molecule has 0 unspecified atom stereocenters. The fourth-order valence-electron chi connectivity index (χ4n) is 3.33. The Balaban J connectivity index is 1.66. The molecule has 4 nitrogen and oxygen atoms in total. The van der Waals surface area contributed by atoms with Crippen LogP contribution in [0.2, 0.25) is 0 Å². The molecular formula is C25H34O4. The number of aliphatic hydroxyl groups excluding tert-OH is 1. The number of esters is 1. The lowest BCUT2D eigenvalue weighted by molar-refractivity contribution is -0.140. The third-order valence-electron chi connectivity index (χ3n) is 5.31. The van der Waals surface area contributed by atoms with Crippen LogP contribution in [0.25, 0.3) is 0 Å². The van der Waals surface area contributed by atoms with Crippen LogP contribution in [-0.2, 0) is 16.0 Å². The van der Waals surface area contributed by atoms with Gasteiger partial charge in [0.2, 0.25) is 0 Å². The lowest BCUT2D eigenvalue weighted by atomic mass is 10.0. The Hall–Kier alpha value is -2.49. The van der Waals surface area contributed by atoms with Gasteiger partial charge in [-0.25, -0.2) is 4.79 Å². The summed E-state index contributed by atoms with van der Waals surface area (Å²) in [6.45, 7) is 8.01. The topological polar surface area (TPSA) is 59.7 Å². The fraction of sp³-hybridized carbons (Fsp3) is 0.480. The monoisotopic (exact) mass is 398 g/mol. The Morgan fingerprint density at radius 1 is 1.31 bits per heavy atom. The van der Waals surface area contributed by atoms with Crippen molar-refractivity contribution in [2.45, 2.75) is 72.3 Å². The maximum absolute atomic E-state index is 11.5. The number of aryl methyl sites for hydroxylation is 1. The van der Waals surface area contributed by atoms with Gasteiger partial charge in [-0.1, -0.05) is 42.4 Å². The number of rotatable bonds is 11. The van der Waals surface area contributed by atoms with E-state index >= 15 is 0 Å². The highest BCUT2D eigenvalue weighted by atomic mass is 16.6. The first-order valence-corrected chi connectivity index (χ1v) is 10.5. The summed E-state index contributed by atoms with van der Waals surface area (Å²) in [5.41, 5.74) is 4.05. The van der Waals surface area contributed by atoms with Crippen molar-refractivity contribution in [2.24, 2.45) is 5.92 Å². The molecule has 0 amide bonds. The number of cyclic esters (lactones) is 1. The summed E-state index contributed by atoms with van der Waals surface area (Å²) in [5, 5.41) is 9.92. The zero-order valence-corrected chi connectivity index (χ0v) is 18.1. The van der Waals surface area contributed by atoms with Crippen molar-refractivity contribution >= 4 is 5.97 Å². The molecule has 2 atom stereocenters. The Morgan fingerprint density at radius 3 is 2.76 bits per heavy atom. The van der Waals surface area contributed by atoms with Crippen LogP contribution in [0.15, 0.2) is 69.8 Å². The molecule has 1 aliphatic heterocycles. The summed E-state index contributed by atoms with van der Waals surface area (Å²) in [6.07, 6.45) is 17.7. The van der Waals surface area contributed by atoms with Gasteiger partial charge in [-0.2, -0.15) is 0 Å². The minimum absolute atomic E-state index is 0.0721. The Labute approximate surface area is 174 Å². The largest absolute Gasteiger partial charge is 0.508 e. The van der Waals surface area contributed by atoms with Gasteiger partial charge < -0.3 is 14.3 Å². The fourth-order valence-corrected chi connectivity index (χ4v) is 3.33. The van der Waals surface area contributed by atoms with Gasteiger partial charge >= 0.3 is 5.97 Å². The van der Waals surface area contributed by atoms with Crippen LogP contribution in [0.5, 0.6) is 0 Å². The van der Waals surface area contributed by atoms with Crippen LogP contribution in [0.1, 0.15) is 65.4 Å². The zero-order valence-electron chi connectivity index (χ0n) is 18.1. The van der Waals surface area contributed by atoms with Crippen molar-refractivity contribution in [1.29, 1.82) is 0 Å². The molecule has 0 bridgehead atoms. The second kappa shape index (κ2) is 11.5. The number of carbonyl (C=O) groups excluding carboxylic acids is 1. The summed E-state index contributed by atoms with van der Waals surface area (Å²) >= 11 is 0. The van der Waals surface area contributed by atoms with Gasteiger partial charge in [0.15, 0.2) is 6.10 Å². The Bertz CT molecular complexity index is 778. The molecule has 1 N–H and O–H groups in total. The molecule has 2 heterocycles. The van der Waals surface area contributed by atoms with Gasteiger partial charge in [0, 0.05) is 6.42 Å². The van der Waals surface area contributed by atoms with Crippen molar-refractivity contribution in [3.8, 4) is 0 Å². The number of allylic oxidation sites excluding steroid dienone is 5. The van der Waals surface area contributed by atoms with Crippen LogP contribution >= 0.6 is 0 Å². The first-order chi connectivity index (χ1) is 13.9. The summed E-state index contributed by atoms with van der Waals surface area (Å²) in [5.74, 6) is 0.218. The summed E-state index contributed by atoms with van der Waals surface area (Å²) < 4.78 is 10.3. The van der Waals surface area contributed by atoms with Crippen molar-refractivity contribution in [3.05, 3.63) is 70.9 Å². The molecule has 1 aromatic heterocycles. The molecule has 0 saturated carbocycles. The minimum Gasteiger partial charge on any atom is -0.508 e. The smallest absolute Gasteiger partial charge is 0.338 e. The van der Waals surface area contributed by atoms with Crippen LogP contribution in [-0.4, -0.2) is 17.2 Å². The first kappa shape index (κ1) is 22.8. The molecule has 0 aromatic carbocycles. The normalized spacial score (nSPS) is 19.3. The molecule has 0 fully saturated rings.